The van der Waals surface area contributed by atoms with Crippen LogP contribution in [-0.4, -0.2) is 25.2 Å². The molecule has 0 radical (unpaired) electrons. The highest BCUT2D eigenvalue weighted by Crippen LogP contribution is 2.58. The van der Waals surface area contributed by atoms with E-state index >= 15 is 0 Å². The third-order valence-corrected chi connectivity index (χ3v) is 5.60. The molecule has 4 atom stereocenters. The van der Waals surface area contributed by atoms with Crippen LogP contribution in [0.2, 0.25) is 0 Å². The number of hydrogen-bond donors (Lipinski definition) is 0. The third kappa shape index (κ3) is 6.62. The molecule has 2 bridgehead atoms. The van der Waals surface area contributed by atoms with Gasteiger partial charge in [-0.25, -0.2) is 9.59 Å². The van der Waals surface area contributed by atoms with E-state index in [0.29, 0.717) is 24.4 Å². The number of carbonyl (C=O) groups is 2. The second-order valence-corrected chi connectivity index (χ2v) is 7.59. The van der Waals surface area contributed by atoms with E-state index < -0.39 is 0 Å². The predicted molar refractivity (Wildman–Crippen MR) is 106 cm³/mol. The Morgan fingerprint density at radius 3 is 1.50 bits per heavy atom. The lowest BCUT2D eigenvalue weighted by Gasteiger charge is -2.23. The zero-order valence-electron chi connectivity index (χ0n) is 18.0. The molecule has 0 spiro atoms. The van der Waals surface area contributed by atoms with Crippen molar-refractivity contribution in [2.45, 2.75) is 66.2 Å². The summed E-state index contributed by atoms with van der Waals surface area (Å²) in [5.74, 6) is 4.17. The van der Waals surface area contributed by atoms with E-state index in [0.717, 1.165) is 0 Å². The molecule has 26 heavy (non-hydrogen) atoms. The Balaban J connectivity index is 0.000000375. The van der Waals surface area contributed by atoms with Gasteiger partial charge in [-0.3, -0.25) is 0 Å². The van der Waals surface area contributed by atoms with Gasteiger partial charge in [0.1, 0.15) is 0 Å². The maximum atomic E-state index is 10.4. The zero-order chi connectivity index (χ0) is 19.7. The second-order valence-electron chi connectivity index (χ2n) is 7.59. The fourth-order valence-electron chi connectivity index (χ4n) is 4.53. The normalized spacial score (nSPS) is 27.2. The average molecular weight is 366 g/mol. The topological polar surface area (TPSA) is 52.6 Å². The molecule has 3 aliphatic rings. The second kappa shape index (κ2) is 11.2. The predicted octanol–water partition coefficient (Wildman–Crippen LogP) is 5.20. The first kappa shape index (κ1) is 22.5. The van der Waals surface area contributed by atoms with Gasteiger partial charge in [0.05, 0.1) is 13.2 Å². The van der Waals surface area contributed by atoms with Gasteiger partial charge in [-0.1, -0.05) is 19.6 Å². The van der Waals surface area contributed by atoms with Crippen molar-refractivity contribution in [1.82, 2.24) is 0 Å². The summed E-state index contributed by atoms with van der Waals surface area (Å²) < 4.78 is 9.13. The van der Waals surface area contributed by atoms with E-state index in [-0.39, 0.29) is 13.4 Å². The fourth-order valence-corrected chi connectivity index (χ4v) is 4.53. The Morgan fingerprint density at radius 1 is 0.846 bits per heavy atom. The first-order valence-electron chi connectivity index (χ1n) is 9.96. The lowest BCUT2D eigenvalue weighted by molar-refractivity contribution is -0.139. The maximum absolute atomic E-state index is 10.4. The number of rotatable bonds is 4. The summed E-state index contributed by atoms with van der Waals surface area (Å²) in [5.41, 5.74) is 0.902. The monoisotopic (exact) mass is 365 g/mol. The van der Waals surface area contributed by atoms with Crippen LogP contribution in [0.3, 0.4) is 0 Å². The minimum Gasteiger partial charge on any atom is -1.00 e. The van der Waals surface area contributed by atoms with Crippen molar-refractivity contribution in [1.29, 1.82) is 0 Å². The fraction of sp³-hybridized carbons (Fsp3) is 0.727. The molecule has 4 nitrogen and oxygen atoms in total. The van der Waals surface area contributed by atoms with Crippen molar-refractivity contribution in [2.24, 2.45) is 23.7 Å². The maximum Gasteiger partial charge on any atom is 0.333 e. The van der Waals surface area contributed by atoms with Crippen molar-refractivity contribution in [3.8, 4) is 0 Å². The minimum atomic E-state index is -0.312. The lowest BCUT2D eigenvalue weighted by atomic mass is 9.82. The molecule has 4 heteroatoms. The van der Waals surface area contributed by atoms with Gasteiger partial charge < -0.3 is 10.9 Å². The molecule has 0 N–H and O–H groups in total. The van der Waals surface area contributed by atoms with Crippen LogP contribution in [0.15, 0.2) is 24.3 Å². The van der Waals surface area contributed by atoms with E-state index in [9.17, 15) is 9.59 Å². The first-order valence-corrected chi connectivity index (χ1v) is 9.96. The molecule has 0 saturated heterocycles. The molecule has 3 aliphatic carbocycles. The molecule has 0 aromatic carbocycles. The van der Waals surface area contributed by atoms with Crippen molar-refractivity contribution >= 4 is 11.9 Å². The summed E-state index contributed by atoms with van der Waals surface area (Å²) in [7, 11) is 0. The number of carbonyl (C=O) groups excluding carboxylic acids is 2. The van der Waals surface area contributed by atoms with Gasteiger partial charge in [-0.2, -0.15) is 0 Å². The first-order chi connectivity index (χ1) is 12.3. The van der Waals surface area contributed by atoms with Gasteiger partial charge in [0.2, 0.25) is 0 Å². The summed E-state index contributed by atoms with van der Waals surface area (Å²) >= 11 is 0. The van der Waals surface area contributed by atoms with Crippen molar-refractivity contribution in [3.63, 3.8) is 0 Å². The molecule has 0 aromatic rings. The Labute approximate surface area is 160 Å². The van der Waals surface area contributed by atoms with Crippen molar-refractivity contribution in [3.05, 3.63) is 24.3 Å². The third-order valence-electron chi connectivity index (χ3n) is 5.60. The summed E-state index contributed by atoms with van der Waals surface area (Å²) in [6.45, 7) is 14.4. The van der Waals surface area contributed by atoms with Crippen LogP contribution >= 0.6 is 0 Å². The van der Waals surface area contributed by atoms with Crippen LogP contribution in [0, 0.1) is 23.7 Å². The van der Waals surface area contributed by atoms with Crippen LogP contribution in [0.4, 0.5) is 0 Å². The Bertz CT molecular complexity index is 470. The standard InChI is InChI=1S/C10H16.2C6H10O2.H/c1-2-9-7-4-5-8(6-7)10(9)3-1;2*1-4-8-6(7)5(2)3;/h7-10H,1-6H2;2*2,4H2,1,3H3;/q;;;-1/t7-,8+,9?,10?;;;. The zero-order valence-corrected chi connectivity index (χ0v) is 17.0. The van der Waals surface area contributed by atoms with Crippen LogP contribution < -0.4 is 0 Å². The van der Waals surface area contributed by atoms with Crippen molar-refractivity contribution in [2.75, 3.05) is 13.2 Å². The molecule has 2 unspecified atom stereocenters. The molecule has 3 fully saturated rings. The van der Waals surface area contributed by atoms with Crippen LogP contribution in [0.25, 0.3) is 0 Å². The van der Waals surface area contributed by atoms with E-state index in [4.69, 9.17) is 0 Å². The van der Waals surface area contributed by atoms with E-state index in [2.05, 4.69) is 22.6 Å². The molecular formula is C22H37O4-. The highest BCUT2D eigenvalue weighted by Gasteiger charge is 2.48. The van der Waals surface area contributed by atoms with Gasteiger partial charge in [0.15, 0.2) is 0 Å². The molecule has 3 saturated carbocycles. The average Bonchev–Trinajstić information content (AvgIpc) is 3.31. The van der Waals surface area contributed by atoms with Crippen LogP contribution in [-0.2, 0) is 19.1 Å². The molecule has 3 rings (SSSR count). The highest BCUT2D eigenvalue weighted by atomic mass is 16.5. The molecule has 0 amide bonds. The van der Waals surface area contributed by atoms with E-state index in [1.54, 1.807) is 66.2 Å². The summed E-state index contributed by atoms with van der Waals surface area (Å²) in [5, 5.41) is 0. The number of hydrogen-bond acceptors (Lipinski definition) is 4. The molecule has 0 aromatic heterocycles. The van der Waals surface area contributed by atoms with Gasteiger partial charge in [-0.05, 0) is 83.5 Å². The highest BCUT2D eigenvalue weighted by molar-refractivity contribution is 5.87. The van der Waals surface area contributed by atoms with Gasteiger partial charge in [-0.15, -0.1) is 0 Å². The van der Waals surface area contributed by atoms with Crippen LogP contribution in [0.5, 0.6) is 0 Å². The van der Waals surface area contributed by atoms with E-state index in [1.165, 1.54) is 23.7 Å². The van der Waals surface area contributed by atoms with Gasteiger partial charge >= 0.3 is 11.9 Å². The summed E-state index contributed by atoms with van der Waals surface area (Å²) in [4.78, 5) is 20.8. The largest absolute Gasteiger partial charge is 1.00 e. The quantitative estimate of drug-likeness (QED) is 0.508. The van der Waals surface area contributed by atoms with Crippen LogP contribution in [0.1, 0.15) is 67.6 Å². The van der Waals surface area contributed by atoms with Gasteiger partial charge in [0, 0.05) is 11.1 Å². The van der Waals surface area contributed by atoms with E-state index in [1.807, 2.05) is 0 Å². The summed E-state index contributed by atoms with van der Waals surface area (Å²) in [6.07, 6.45) is 9.53. The minimum absolute atomic E-state index is 0. The number of fused-ring (bicyclic) bond motifs is 5. The molecule has 0 aliphatic heterocycles. The molecular weight excluding hydrogens is 328 g/mol. The smallest absolute Gasteiger partial charge is 0.333 e. The number of ether oxygens (including phenoxy) is 2. The SMILES string of the molecule is C1CC2C(C1)[C@H]1CC[C@@H]2C1.C=C(C)C(=O)OCC.C=C(C)C(=O)OCC.[H-]. The Kier molecular flexibility index (Phi) is 9.68. The number of esters is 2. The summed E-state index contributed by atoms with van der Waals surface area (Å²) in [6, 6.07) is 0. The lowest BCUT2D eigenvalue weighted by Crippen LogP contribution is -2.15. The molecule has 0 heterocycles. The van der Waals surface area contributed by atoms with Crippen molar-refractivity contribution < 1.29 is 20.5 Å². The Hall–Kier alpha value is -1.58. The Morgan fingerprint density at radius 2 is 1.23 bits per heavy atom. The molecule has 150 valence electrons. The van der Waals surface area contributed by atoms with Gasteiger partial charge in [0.25, 0.3) is 0 Å².